The van der Waals surface area contributed by atoms with Crippen molar-refractivity contribution in [2.45, 2.75) is 38.5 Å². The first-order valence-electron chi connectivity index (χ1n) is 8.47. The van der Waals surface area contributed by atoms with E-state index in [1.165, 1.54) is 6.92 Å². The minimum Gasteiger partial charge on any atom is -0.303 e. The number of halogens is 9. The highest BCUT2D eigenvalue weighted by Crippen LogP contribution is 2.40. The second-order valence-corrected chi connectivity index (χ2v) is 6.15. The number of rotatable bonds is 4. The Kier molecular flexibility index (Phi) is 6.48. The molecule has 31 heavy (non-hydrogen) atoms. The molecule has 0 saturated heterocycles. The highest BCUT2D eigenvalue weighted by atomic mass is 19.4. The monoisotopic (exact) mass is 459 g/mol. The topological polar surface area (TPSA) is 39.3 Å². The summed E-state index contributed by atoms with van der Waals surface area (Å²) in [5.74, 6) is 0. The summed E-state index contributed by atoms with van der Waals surface area (Å²) in [6.45, 7) is 3.76. The Bertz CT molecular complexity index is 1100. The molecule has 4 nitrogen and oxygen atoms in total. The lowest BCUT2D eigenvalue weighted by atomic mass is 10.1. The van der Waals surface area contributed by atoms with E-state index >= 15 is 0 Å². The molecule has 13 heteroatoms. The standard InChI is InChI=1S/C18H14F9N3O/c1-3-7-30-13(18(25,26)27)9-14(31)29(4-2)15(30)28-12-6-5-10(16(19,20)21)8-11(12)17(22,23)24/h3,5-6,8-9H,1,4,7H2,2H3. The second kappa shape index (κ2) is 8.27. The van der Waals surface area contributed by atoms with Crippen LogP contribution in [0.25, 0.3) is 0 Å². The van der Waals surface area contributed by atoms with Crippen LogP contribution in [0, 0.1) is 0 Å². The van der Waals surface area contributed by atoms with Crippen molar-refractivity contribution in [1.29, 1.82) is 0 Å². The fourth-order valence-electron chi connectivity index (χ4n) is 2.73. The first kappa shape index (κ1) is 24.3. The molecule has 0 amide bonds. The molecule has 1 heterocycles. The molecule has 0 aliphatic carbocycles. The summed E-state index contributed by atoms with van der Waals surface area (Å²) in [5, 5.41) is 0. The number of aromatic nitrogens is 2. The van der Waals surface area contributed by atoms with Crippen LogP contribution in [0.1, 0.15) is 23.7 Å². The SMILES string of the molecule is C=CCn1c(C(F)(F)F)cc(=O)n(CC)c1=Nc1ccc(C(F)(F)F)cc1C(F)(F)F. The number of benzene rings is 1. The van der Waals surface area contributed by atoms with Crippen molar-refractivity contribution >= 4 is 5.69 Å². The Balaban J connectivity index is 3.03. The Morgan fingerprint density at radius 2 is 1.55 bits per heavy atom. The molecular weight excluding hydrogens is 445 g/mol. The van der Waals surface area contributed by atoms with Gasteiger partial charge in [-0.2, -0.15) is 39.5 Å². The molecule has 170 valence electrons. The van der Waals surface area contributed by atoms with Gasteiger partial charge in [-0.1, -0.05) is 6.08 Å². The minimum absolute atomic E-state index is 0.196. The normalized spacial score (nSPS) is 13.5. The lowest BCUT2D eigenvalue weighted by Gasteiger charge is -2.18. The van der Waals surface area contributed by atoms with Gasteiger partial charge in [0.1, 0.15) is 5.69 Å². The van der Waals surface area contributed by atoms with Crippen molar-refractivity contribution < 1.29 is 39.5 Å². The predicted molar refractivity (Wildman–Crippen MR) is 91.2 cm³/mol. The van der Waals surface area contributed by atoms with E-state index in [2.05, 4.69) is 11.6 Å². The largest absolute Gasteiger partial charge is 0.431 e. The van der Waals surface area contributed by atoms with Crippen LogP contribution in [0.5, 0.6) is 0 Å². The maximum atomic E-state index is 13.4. The van der Waals surface area contributed by atoms with Gasteiger partial charge in [-0.25, -0.2) is 4.99 Å². The third-order valence-electron chi connectivity index (χ3n) is 4.07. The molecule has 0 aliphatic heterocycles. The molecule has 2 aromatic rings. The van der Waals surface area contributed by atoms with E-state index in [-0.39, 0.29) is 18.7 Å². The van der Waals surface area contributed by atoms with Crippen LogP contribution in [0.4, 0.5) is 45.2 Å². The van der Waals surface area contributed by atoms with Gasteiger partial charge in [0.25, 0.3) is 5.56 Å². The van der Waals surface area contributed by atoms with Gasteiger partial charge < -0.3 is 4.57 Å². The Morgan fingerprint density at radius 1 is 0.935 bits per heavy atom. The van der Waals surface area contributed by atoms with E-state index in [0.717, 1.165) is 6.08 Å². The fourth-order valence-corrected chi connectivity index (χ4v) is 2.73. The molecule has 0 N–H and O–H groups in total. The molecule has 0 spiro atoms. The fraction of sp³-hybridized carbons (Fsp3) is 0.333. The van der Waals surface area contributed by atoms with Crippen LogP contribution in [-0.4, -0.2) is 9.13 Å². The van der Waals surface area contributed by atoms with Crippen molar-refractivity contribution in [2.24, 2.45) is 4.99 Å². The van der Waals surface area contributed by atoms with E-state index in [1.807, 2.05) is 0 Å². The van der Waals surface area contributed by atoms with E-state index in [1.54, 1.807) is 0 Å². The van der Waals surface area contributed by atoms with Gasteiger partial charge in [0.2, 0.25) is 5.62 Å². The van der Waals surface area contributed by atoms with Crippen molar-refractivity contribution in [3.63, 3.8) is 0 Å². The molecule has 0 fully saturated rings. The van der Waals surface area contributed by atoms with Crippen LogP contribution < -0.4 is 11.2 Å². The van der Waals surface area contributed by atoms with E-state index < -0.39 is 58.8 Å². The summed E-state index contributed by atoms with van der Waals surface area (Å²) in [6.07, 6.45) is -14.5. The lowest BCUT2D eigenvalue weighted by Crippen LogP contribution is -2.43. The first-order chi connectivity index (χ1) is 14.1. The number of hydrogen-bond acceptors (Lipinski definition) is 2. The molecule has 0 unspecified atom stereocenters. The summed E-state index contributed by atoms with van der Waals surface area (Å²) in [5.41, 5.74) is -8.04. The quantitative estimate of drug-likeness (QED) is 0.461. The lowest BCUT2D eigenvalue weighted by molar-refractivity contribution is -0.145. The molecular formula is C18H14F9N3O. The van der Waals surface area contributed by atoms with Crippen LogP contribution in [0.3, 0.4) is 0 Å². The molecule has 2 rings (SSSR count). The number of alkyl halides is 9. The van der Waals surface area contributed by atoms with Crippen LogP contribution >= 0.6 is 0 Å². The van der Waals surface area contributed by atoms with Crippen LogP contribution in [0.2, 0.25) is 0 Å². The van der Waals surface area contributed by atoms with Gasteiger partial charge in [-0.05, 0) is 25.1 Å². The molecule has 0 aliphatic rings. The highest BCUT2D eigenvalue weighted by Gasteiger charge is 2.39. The minimum atomic E-state index is -5.30. The van der Waals surface area contributed by atoms with E-state index in [0.29, 0.717) is 21.3 Å². The third-order valence-corrected chi connectivity index (χ3v) is 4.07. The van der Waals surface area contributed by atoms with Crippen molar-refractivity contribution in [3.8, 4) is 0 Å². The maximum Gasteiger partial charge on any atom is 0.431 e. The molecule has 0 atom stereocenters. The smallest absolute Gasteiger partial charge is 0.303 e. The summed E-state index contributed by atoms with van der Waals surface area (Å²) < 4.78 is 120. The molecule has 0 saturated carbocycles. The zero-order valence-electron chi connectivity index (χ0n) is 15.7. The summed E-state index contributed by atoms with van der Waals surface area (Å²) in [7, 11) is 0. The summed E-state index contributed by atoms with van der Waals surface area (Å²) in [4.78, 5) is 15.7. The first-order valence-corrected chi connectivity index (χ1v) is 8.47. The van der Waals surface area contributed by atoms with Crippen LogP contribution in [-0.2, 0) is 31.6 Å². The molecule has 1 aromatic heterocycles. The second-order valence-electron chi connectivity index (χ2n) is 6.15. The Morgan fingerprint density at radius 3 is 2.00 bits per heavy atom. The number of allylic oxidation sites excluding steroid dienone is 1. The molecule has 1 aromatic carbocycles. The summed E-state index contributed by atoms with van der Waals surface area (Å²) in [6, 6.07) is 0.755. The zero-order chi connectivity index (χ0) is 23.8. The molecule has 0 bridgehead atoms. The predicted octanol–water partition coefficient (Wildman–Crippen LogP) is 5.14. The average molecular weight is 459 g/mol. The van der Waals surface area contributed by atoms with E-state index in [9.17, 15) is 44.3 Å². The Labute approximate surface area is 168 Å². The van der Waals surface area contributed by atoms with Gasteiger partial charge >= 0.3 is 18.5 Å². The average Bonchev–Trinajstić information content (AvgIpc) is 2.61. The maximum absolute atomic E-state index is 13.4. The van der Waals surface area contributed by atoms with Crippen molar-refractivity contribution in [2.75, 3.05) is 0 Å². The third kappa shape index (κ3) is 5.20. The Hall–Kier alpha value is -2.99. The van der Waals surface area contributed by atoms with E-state index in [4.69, 9.17) is 0 Å². The van der Waals surface area contributed by atoms with Gasteiger partial charge in [0, 0.05) is 19.2 Å². The summed E-state index contributed by atoms with van der Waals surface area (Å²) >= 11 is 0. The zero-order valence-corrected chi connectivity index (χ0v) is 15.7. The highest BCUT2D eigenvalue weighted by molar-refractivity contribution is 5.50. The van der Waals surface area contributed by atoms with Gasteiger partial charge in [-0.15, -0.1) is 6.58 Å². The molecule has 0 radical (unpaired) electrons. The van der Waals surface area contributed by atoms with Gasteiger partial charge in [0.15, 0.2) is 0 Å². The number of hydrogen-bond donors (Lipinski definition) is 0. The van der Waals surface area contributed by atoms with Gasteiger partial charge in [0.05, 0.1) is 16.8 Å². The van der Waals surface area contributed by atoms with Crippen molar-refractivity contribution in [3.05, 3.63) is 69.7 Å². The number of nitrogens with zero attached hydrogens (tertiary/aromatic N) is 3. The van der Waals surface area contributed by atoms with Gasteiger partial charge in [-0.3, -0.25) is 9.36 Å². The van der Waals surface area contributed by atoms with Crippen molar-refractivity contribution in [1.82, 2.24) is 9.13 Å². The van der Waals surface area contributed by atoms with Crippen LogP contribution in [0.15, 0.2) is 46.7 Å².